The largest absolute Gasteiger partial charge is 0.477 e. The summed E-state index contributed by atoms with van der Waals surface area (Å²) in [5.41, 5.74) is -2.00. The van der Waals surface area contributed by atoms with Gasteiger partial charge in [0.25, 0.3) is 0 Å². The number of esters is 1. The molecule has 1 aromatic carbocycles. The monoisotopic (exact) mass is 290 g/mol. The van der Waals surface area contributed by atoms with Crippen molar-refractivity contribution < 1.29 is 38.4 Å². The van der Waals surface area contributed by atoms with E-state index in [1.807, 2.05) is 0 Å². The molecule has 0 aliphatic heterocycles. The molecule has 0 heterocycles. The summed E-state index contributed by atoms with van der Waals surface area (Å²) < 4.78 is 31.4. The van der Waals surface area contributed by atoms with Crippen molar-refractivity contribution in [2.24, 2.45) is 0 Å². The van der Waals surface area contributed by atoms with Crippen LogP contribution in [0, 0.1) is 11.6 Å². The van der Waals surface area contributed by atoms with Gasteiger partial charge in [-0.25, -0.2) is 18.4 Å². The van der Waals surface area contributed by atoms with Crippen LogP contribution in [0.1, 0.15) is 28.9 Å². The fourth-order valence-corrected chi connectivity index (χ4v) is 1.52. The first-order valence-electron chi connectivity index (χ1n) is 5.55. The number of hydrogen-bond donors (Lipinski definition) is 3. The SMILES string of the molecule is CCOC(=O)C(O)C(O)c1ccc(F)c(C(=O)O)c1F. The molecule has 0 aliphatic rings. The van der Waals surface area contributed by atoms with Gasteiger partial charge >= 0.3 is 11.9 Å². The van der Waals surface area contributed by atoms with Gasteiger partial charge in [0.15, 0.2) is 6.10 Å². The Morgan fingerprint density at radius 2 is 1.90 bits per heavy atom. The van der Waals surface area contributed by atoms with Crippen molar-refractivity contribution in [3.63, 3.8) is 0 Å². The summed E-state index contributed by atoms with van der Waals surface area (Å²) in [6.07, 6.45) is -4.19. The Kier molecular flexibility index (Phi) is 5.12. The van der Waals surface area contributed by atoms with Crippen molar-refractivity contribution in [2.75, 3.05) is 6.61 Å². The summed E-state index contributed by atoms with van der Waals surface area (Å²) in [6, 6.07) is 1.35. The van der Waals surface area contributed by atoms with Crippen LogP contribution in [-0.2, 0) is 9.53 Å². The van der Waals surface area contributed by atoms with Crippen LogP contribution in [0.2, 0.25) is 0 Å². The van der Waals surface area contributed by atoms with Gasteiger partial charge in [-0.05, 0) is 13.0 Å². The highest BCUT2D eigenvalue weighted by Gasteiger charge is 2.31. The molecule has 0 fully saturated rings. The van der Waals surface area contributed by atoms with E-state index in [9.17, 15) is 28.6 Å². The quantitative estimate of drug-likeness (QED) is 0.687. The predicted octanol–water partition coefficient (Wildman–Crippen LogP) is 0.620. The van der Waals surface area contributed by atoms with Gasteiger partial charge in [-0.1, -0.05) is 6.07 Å². The number of hydrogen-bond acceptors (Lipinski definition) is 5. The van der Waals surface area contributed by atoms with E-state index in [0.717, 1.165) is 6.07 Å². The van der Waals surface area contributed by atoms with E-state index in [4.69, 9.17) is 5.11 Å². The Bertz CT molecular complexity index is 531. The minimum atomic E-state index is -2.11. The summed E-state index contributed by atoms with van der Waals surface area (Å²) in [7, 11) is 0. The van der Waals surface area contributed by atoms with Crippen LogP contribution in [-0.4, -0.2) is 40.0 Å². The van der Waals surface area contributed by atoms with Gasteiger partial charge in [-0.2, -0.15) is 0 Å². The smallest absolute Gasteiger partial charge is 0.341 e. The molecule has 0 bridgehead atoms. The Hall–Kier alpha value is -2.06. The molecule has 6 nitrogen and oxygen atoms in total. The summed E-state index contributed by atoms with van der Waals surface area (Å²) in [5, 5.41) is 27.8. The third kappa shape index (κ3) is 3.09. The maximum atomic E-state index is 13.8. The molecule has 0 amide bonds. The zero-order valence-electron chi connectivity index (χ0n) is 10.3. The Morgan fingerprint density at radius 1 is 1.30 bits per heavy atom. The fourth-order valence-electron chi connectivity index (χ4n) is 1.52. The minimum Gasteiger partial charge on any atom is -0.477 e. The molecule has 20 heavy (non-hydrogen) atoms. The molecule has 0 aromatic heterocycles. The lowest BCUT2D eigenvalue weighted by Gasteiger charge is -2.18. The first-order chi connectivity index (χ1) is 9.31. The van der Waals surface area contributed by atoms with E-state index in [0.29, 0.717) is 6.07 Å². The molecule has 0 saturated heterocycles. The summed E-state index contributed by atoms with van der Waals surface area (Å²) in [4.78, 5) is 21.9. The molecule has 1 aromatic rings. The number of aliphatic hydroxyl groups excluding tert-OH is 2. The van der Waals surface area contributed by atoms with E-state index in [-0.39, 0.29) is 6.61 Å². The first-order valence-corrected chi connectivity index (χ1v) is 5.55. The van der Waals surface area contributed by atoms with E-state index >= 15 is 0 Å². The number of aliphatic hydroxyl groups is 2. The summed E-state index contributed by atoms with van der Waals surface area (Å²) in [5.74, 6) is -5.98. The molecule has 0 aliphatic carbocycles. The number of benzene rings is 1. The van der Waals surface area contributed by atoms with Crippen LogP contribution < -0.4 is 0 Å². The van der Waals surface area contributed by atoms with Gasteiger partial charge in [-0.15, -0.1) is 0 Å². The number of carbonyl (C=O) groups excluding carboxylic acids is 1. The number of halogens is 2. The average molecular weight is 290 g/mol. The standard InChI is InChI=1S/C12H12F2O6/c1-2-20-12(19)10(16)9(15)5-3-4-6(13)7(8(5)14)11(17)18/h3-4,9-10,15-16H,2H2,1H3,(H,17,18). The number of carbonyl (C=O) groups is 2. The topological polar surface area (TPSA) is 104 Å². The van der Waals surface area contributed by atoms with Crippen molar-refractivity contribution >= 4 is 11.9 Å². The number of carboxylic acids is 1. The van der Waals surface area contributed by atoms with Crippen LogP contribution in [0.15, 0.2) is 12.1 Å². The minimum absolute atomic E-state index is 0.0745. The molecule has 110 valence electrons. The third-order valence-electron chi connectivity index (χ3n) is 2.48. The van der Waals surface area contributed by atoms with Gasteiger partial charge in [-0.3, -0.25) is 0 Å². The van der Waals surface area contributed by atoms with Crippen molar-refractivity contribution in [1.29, 1.82) is 0 Å². The molecule has 0 saturated carbocycles. The highest BCUT2D eigenvalue weighted by atomic mass is 19.1. The second-order valence-electron chi connectivity index (χ2n) is 3.77. The molecule has 2 atom stereocenters. The third-order valence-corrected chi connectivity index (χ3v) is 2.48. The number of rotatable bonds is 5. The van der Waals surface area contributed by atoms with Crippen molar-refractivity contribution in [3.8, 4) is 0 Å². The maximum absolute atomic E-state index is 13.8. The average Bonchev–Trinajstić information content (AvgIpc) is 2.37. The van der Waals surface area contributed by atoms with Crippen LogP contribution >= 0.6 is 0 Å². The zero-order valence-corrected chi connectivity index (χ0v) is 10.3. The van der Waals surface area contributed by atoms with Crippen molar-refractivity contribution in [2.45, 2.75) is 19.1 Å². The van der Waals surface area contributed by atoms with E-state index < -0.39 is 46.9 Å². The van der Waals surface area contributed by atoms with Crippen LogP contribution in [0.25, 0.3) is 0 Å². The number of carboxylic acid groups (broad SMARTS) is 1. The van der Waals surface area contributed by atoms with Gasteiger partial charge in [0.2, 0.25) is 0 Å². The lowest BCUT2D eigenvalue weighted by atomic mass is 10.0. The van der Waals surface area contributed by atoms with Crippen LogP contribution in [0.3, 0.4) is 0 Å². The van der Waals surface area contributed by atoms with E-state index in [1.54, 1.807) is 0 Å². The van der Waals surface area contributed by atoms with Crippen molar-refractivity contribution in [1.82, 2.24) is 0 Å². The zero-order chi connectivity index (χ0) is 15.4. The fraction of sp³-hybridized carbons (Fsp3) is 0.333. The van der Waals surface area contributed by atoms with Gasteiger partial charge in [0.1, 0.15) is 23.3 Å². The number of aromatic carboxylic acids is 1. The lowest BCUT2D eigenvalue weighted by Crippen LogP contribution is -2.30. The molecule has 8 heteroatoms. The summed E-state index contributed by atoms with van der Waals surface area (Å²) in [6.45, 7) is 1.38. The molecule has 0 spiro atoms. The highest BCUT2D eigenvalue weighted by molar-refractivity contribution is 5.88. The van der Waals surface area contributed by atoms with E-state index in [2.05, 4.69) is 4.74 Å². The molecular formula is C12H12F2O6. The van der Waals surface area contributed by atoms with Gasteiger partial charge in [0, 0.05) is 5.56 Å². The number of ether oxygens (including phenoxy) is 1. The Labute approximate surface area is 112 Å². The highest BCUT2D eigenvalue weighted by Crippen LogP contribution is 2.25. The van der Waals surface area contributed by atoms with E-state index in [1.165, 1.54) is 6.92 Å². The van der Waals surface area contributed by atoms with Crippen LogP contribution in [0.4, 0.5) is 8.78 Å². The molecule has 0 radical (unpaired) electrons. The molecule has 3 N–H and O–H groups in total. The molecular weight excluding hydrogens is 278 g/mol. The Balaban J connectivity index is 3.17. The van der Waals surface area contributed by atoms with Gasteiger partial charge < -0.3 is 20.1 Å². The Morgan fingerprint density at radius 3 is 2.40 bits per heavy atom. The second-order valence-corrected chi connectivity index (χ2v) is 3.77. The molecule has 2 unspecified atom stereocenters. The first kappa shape index (κ1) is 16.0. The van der Waals surface area contributed by atoms with Crippen molar-refractivity contribution in [3.05, 3.63) is 34.9 Å². The predicted molar refractivity (Wildman–Crippen MR) is 60.9 cm³/mol. The molecule has 1 rings (SSSR count). The summed E-state index contributed by atoms with van der Waals surface area (Å²) >= 11 is 0. The second kappa shape index (κ2) is 6.40. The normalized spacial score (nSPS) is 13.7. The van der Waals surface area contributed by atoms with Crippen LogP contribution in [0.5, 0.6) is 0 Å². The lowest BCUT2D eigenvalue weighted by molar-refractivity contribution is -0.159. The van der Waals surface area contributed by atoms with Gasteiger partial charge in [0.05, 0.1) is 6.61 Å². The maximum Gasteiger partial charge on any atom is 0.341 e.